The standard InChI is InChI=1S/C19H19F2NO3/c20-17-7-4-8-18(21)16(17)11-19(23)22-9-10-24-15(12-22)13-25-14-5-2-1-3-6-14/h1-8,15H,9-13H2. The fraction of sp³-hybridized carbons (Fsp3) is 0.316. The second-order valence-corrected chi connectivity index (χ2v) is 5.83. The van der Waals surface area contributed by atoms with Crippen LogP contribution in [0, 0.1) is 11.6 Å². The van der Waals surface area contributed by atoms with Gasteiger partial charge < -0.3 is 14.4 Å². The van der Waals surface area contributed by atoms with Gasteiger partial charge in [0.15, 0.2) is 0 Å². The zero-order valence-corrected chi connectivity index (χ0v) is 13.7. The number of hydrogen-bond acceptors (Lipinski definition) is 3. The molecule has 1 aliphatic rings. The minimum Gasteiger partial charge on any atom is -0.491 e. The van der Waals surface area contributed by atoms with Gasteiger partial charge in [-0.25, -0.2) is 8.78 Å². The maximum Gasteiger partial charge on any atom is 0.227 e. The van der Waals surface area contributed by atoms with Crippen LogP contribution in [0.5, 0.6) is 5.75 Å². The quantitative estimate of drug-likeness (QED) is 0.835. The van der Waals surface area contributed by atoms with Crippen molar-refractivity contribution in [2.45, 2.75) is 12.5 Å². The van der Waals surface area contributed by atoms with Gasteiger partial charge in [0.25, 0.3) is 0 Å². The maximum atomic E-state index is 13.7. The lowest BCUT2D eigenvalue weighted by atomic mass is 10.1. The summed E-state index contributed by atoms with van der Waals surface area (Å²) in [6.07, 6.45) is -0.575. The molecule has 1 atom stereocenters. The van der Waals surface area contributed by atoms with Crippen molar-refractivity contribution in [2.24, 2.45) is 0 Å². The van der Waals surface area contributed by atoms with Crippen LogP contribution in [0.2, 0.25) is 0 Å². The van der Waals surface area contributed by atoms with Crippen molar-refractivity contribution < 1.29 is 23.0 Å². The number of para-hydroxylation sites is 1. The minimum absolute atomic E-state index is 0.198. The molecule has 6 heteroatoms. The van der Waals surface area contributed by atoms with Gasteiger partial charge in [0.2, 0.25) is 5.91 Å². The number of nitrogens with zero attached hydrogens (tertiary/aromatic N) is 1. The first kappa shape index (κ1) is 17.4. The topological polar surface area (TPSA) is 38.8 Å². The van der Waals surface area contributed by atoms with Crippen LogP contribution >= 0.6 is 0 Å². The van der Waals surface area contributed by atoms with Gasteiger partial charge in [-0.05, 0) is 24.3 Å². The summed E-state index contributed by atoms with van der Waals surface area (Å²) < 4.78 is 38.7. The van der Waals surface area contributed by atoms with Gasteiger partial charge in [0.05, 0.1) is 19.6 Å². The number of rotatable bonds is 5. The number of benzene rings is 2. The number of halogens is 2. The van der Waals surface area contributed by atoms with E-state index in [1.54, 1.807) is 4.90 Å². The van der Waals surface area contributed by atoms with Gasteiger partial charge in [-0.1, -0.05) is 24.3 Å². The molecule has 0 N–H and O–H groups in total. The van der Waals surface area contributed by atoms with Crippen LogP contribution in [-0.4, -0.2) is 43.2 Å². The number of morpholine rings is 1. The molecule has 4 nitrogen and oxygen atoms in total. The molecule has 1 amide bonds. The summed E-state index contributed by atoms with van der Waals surface area (Å²) in [6, 6.07) is 12.9. The molecule has 0 radical (unpaired) electrons. The molecule has 0 spiro atoms. The first-order valence-corrected chi connectivity index (χ1v) is 8.13. The van der Waals surface area contributed by atoms with Crippen molar-refractivity contribution >= 4 is 5.91 Å². The van der Waals surface area contributed by atoms with E-state index < -0.39 is 11.6 Å². The Bertz CT molecular complexity index is 704. The van der Waals surface area contributed by atoms with E-state index in [0.29, 0.717) is 26.3 Å². The number of carbonyl (C=O) groups excluding carboxylic acids is 1. The van der Waals surface area contributed by atoms with Gasteiger partial charge >= 0.3 is 0 Å². The molecule has 3 rings (SSSR count). The van der Waals surface area contributed by atoms with Crippen molar-refractivity contribution in [1.82, 2.24) is 4.90 Å². The first-order chi connectivity index (χ1) is 12.1. The number of amides is 1. The maximum absolute atomic E-state index is 13.7. The third kappa shape index (κ3) is 4.54. The van der Waals surface area contributed by atoms with E-state index in [9.17, 15) is 13.6 Å². The van der Waals surface area contributed by atoms with Crippen LogP contribution in [0.25, 0.3) is 0 Å². The minimum atomic E-state index is -0.703. The van der Waals surface area contributed by atoms with Gasteiger partial charge in [-0.2, -0.15) is 0 Å². The Kier molecular flexibility index (Phi) is 5.60. The SMILES string of the molecule is O=C(Cc1c(F)cccc1F)N1CCOC(COc2ccccc2)C1. The van der Waals surface area contributed by atoms with Crippen molar-refractivity contribution in [3.8, 4) is 5.75 Å². The van der Waals surface area contributed by atoms with Gasteiger partial charge in [-0.3, -0.25) is 4.79 Å². The van der Waals surface area contributed by atoms with Crippen LogP contribution in [-0.2, 0) is 16.0 Å². The Morgan fingerprint density at radius 3 is 2.56 bits per heavy atom. The van der Waals surface area contributed by atoms with Crippen molar-refractivity contribution in [1.29, 1.82) is 0 Å². The fourth-order valence-electron chi connectivity index (χ4n) is 2.72. The molecule has 2 aromatic carbocycles. The molecule has 132 valence electrons. The van der Waals surface area contributed by atoms with Crippen molar-refractivity contribution in [3.05, 3.63) is 65.7 Å². The highest BCUT2D eigenvalue weighted by Crippen LogP contribution is 2.16. The van der Waals surface area contributed by atoms with Crippen molar-refractivity contribution in [2.75, 3.05) is 26.3 Å². The molecule has 25 heavy (non-hydrogen) atoms. The number of hydrogen-bond donors (Lipinski definition) is 0. The Morgan fingerprint density at radius 2 is 1.84 bits per heavy atom. The fourth-order valence-corrected chi connectivity index (χ4v) is 2.72. The summed E-state index contributed by atoms with van der Waals surface area (Å²) in [5.74, 6) is -1.00. The van der Waals surface area contributed by atoms with Gasteiger partial charge in [-0.15, -0.1) is 0 Å². The summed E-state index contributed by atoms with van der Waals surface area (Å²) in [5, 5.41) is 0. The number of ether oxygens (including phenoxy) is 2. The van der Waals surface area contributed by atoms with Crippen LogP contribution in [0.1, 0.15) is 5.56 Å². The summed E-state index contributed by atoms with van der Waals surface area (Å²) in [7, 11) is 0. The summed E-state index contributed by atoms with van der Waals surface area (Å²) in [6.45, 7) is 1.41. The van der Waals surface area contributed by atoms with Crippen molar-refractivity contribution in [3.63, 3.8) is 0 Å². The van der Waals surface area contributed by atoms with E-state index in [1.807, 2.05) is 30.3 Å². The predicted molar refractivity (Wildman–Crippen MR) is 88.3 cm³/mol. The van der Waals surface area contributed by atoms with E-state index >= 15 is 0 Å². The molecular formula is C19H19F2NO3. The smallest absolute Gasteiger partial charge is 0.227 e. The monoisotopic (exact) mass is 347 g/mol. The molecule has 2 aromatic rings. The third-order valence-electron chi connectivity index (χ3n) is 4.06. The molecule has 0 bridgehead atoms. The van der Waals surface area contributed by atoms with Crippen LogP contribution < -0.4 is 4.74 Å². The van der Waals surface area contributed by atoms with E-state index in [2.05, 4.69) is 0 Å². The Labute approximate surface area is 145 Å². The third-order valence-corrected chi connectivity index (χ3v) is 4.06. The Hall–Kier alpha value is -2.47. The summed E-state index contributed by atoms with van der Waals surface area (Å²) >= 11 is 0. The molecule has 0 saturated carbocycles. The zero-order valence-electron chi connectivity index (χ0n) is 13.7. The Morgan fingerprint density at radius 1 is 1.12 bits per heavy atom. The lowest BCUT2D eigenvalue weighted by Crippen LogP contribution is -2.48. The van der Waals surface area contributed by atoms with Gasteiger partial charge in [0.1, 0.15) is 30.1 Å². The highest BCUT2D eigenvalue weighted by molar-refractivity contribution is 5.79. The van der Waals surface area contributed by atoms with Crippen LogP contribution in [0.15, 0.2) is 48.5 Å². The van der Waals surface area contributed by atoms with E-state index in [0.717, 1.165) is 17.9 Å². The zero-order chi connectivity index (χ0) is 17.6. The average Bonchev–Trinajstić information content (AvgIpc) is 2.64. The van der Waals surface area contributed by atoms with Gasteiger partial charge in [0, 0.05) is 12.1 Å². The molecule has 1 fully saturated rings. The van der Waals surface area contributed by atoms with Crippen LogP contribution in [0.3, 0.4) is 0 Å². The molecular weight excluding hydrogens is 328 g/mol. The number of carbonyl (C=O) groups is 1. The average molecular weight is 347 g/mol. The second-order valence-electron chi connectivity index (χ2n) is 5.83. The molecule has 1 unspecified atom stereocenters. The van der Waals surface area contributed by atoms with E-state index in [-0.39, 0.29) is 24.0 Å². The Balaban J connectivity index is 1.56. The normalized spacial score (nSPS) is 17.4. The second kappa shape index (κ2) is 8.07. The molecule has 0 aromatic heterocycles. The van der Waals surface area contributed by atoms with E-state index in [1.165, 1.54) is 6.07 Å². The lowest BCUT2D eigenvalue weighted by Gasteiger charge is -2.33. The first-order valence-electron chi connectivity index (χ1n) is 8.13. The molecule has 0 aliphatic carbocycles. The summed E-state index contributed by atoms with van der Waals surface area (Å²) in [4.78, 5) is 14.0. The highest BCUT2D eigenvalue weighted by Gasteiger charge is 2.26. The molecule has 1 aliphatic heterocycles. The highest BCUT2D eigenvalue weighted by atomic mass is 19.1. The van der Waals surface area contributed by atoms with E-state index in [4.69, 9.17) is 9.47 Å². The molecule has 1 heterocycles. The largest absolute Gasteiger partial charge is 0.491 e. The molecule has 1 saturated heterocycles. The van der Waals surface area contributed by atoms with Crippen LogP contribution in [0.4, 0.5) is 8.78 Å². The predicted octanol–water partition coefficient (Wildman–Crippen LogP) is 2.81. The summed E-state index contributed by atoms with van der Waals surface area (Å²) in [5.41, 5.74) is -0.198. The lowest BCUT2D eigenvalue weighted by molar-refractivity contribution is -0.139.